The Morgan fingerprint density at radius 2 is 1.46 bits per heavy atom. The minimum absolute atomic E-state index is 0.318. The van der Waals surface area contributed by atoms with Gasteiger partial charge >= 0.3 is 0 Å². The van der Waals surface area contributed by atoms with E-state index >= 15 is 0 Å². The number of nitrogens with zero attached hydrogens (tertiary/aromatic N) is 1. The number of hydrogen-bond donors (Lipinski definition) is 0. The quantitative estimate of drug-likeness (QED) is 0.387. The Morgan fingerprint density at radius 1 is 0.792 bits per heavy atom. The van der Waals surface area contributed by atoms with Crippen LogP contribution in [0.5, 0.6) is 5.75 Å². The van der Waals surface area contributed by atoms with Crippen molar-refractivity contribution in [3.05, 3.63) is 96.1 Å². The topological polar surface area (TPSA) is 21.6 Å². The molecule has 0 N–H and O–H groups in total. The zero-order valence-electron chi connectivity index (χ0n) is 13.1. The number of aliphatic imine (C=N–C) groups is 1. The third-order valence-corrected chi connectivity index (χ3v) is 3.26. The van der Waals surface area contributed by atoms with Crippen LogP contribution in [0.4, 0.5) is 5.69 Å². The SMILES string of the molecule is C(#Cc1ccccc1)COc1ccccc1[C+]=Nc1ccccc1. The van der Waals surface area contributed by atoms with Gasteiger partial charge in [0.2, 0.25) is 11.3 Å². The number of rotatable bonds is 4. The molecule has 2 nitrogen and oxygen atoms in total. The Morgan fingerprint density at radius 3 is 2.25 bits per heavy atom. The molecule has 3 rings (SSSR count). The molecule has 2 heteroatoms. The minimum atomic E-state index is 0.318. The van der Waals surface area contributed by atoms with Crippen molar-refractivity contribution >= 4 is 11.9 Å². The van der Waals surface area contributed by atoms with E-state index in [1.54, 1.807) is 0 Å². The molecule has 3 aromatic carbocycles. The molecule has 0 aliphatic heterocycles. The summed E-state index contributed by atoms with van der Waals surface area (Å²) in [6.07, 6.45) is 3.04. The first-order chi connectivity index (χ1) is 11.9. The van der Waals surface area contributed by atoms with Crippen LogP contribution in [0.3, 0.4) is 0 Å². The molecular weight excluding hydrogens is 294 g/mol. The highest BCUT2D eigenvalue weighted by atomic mass is 16.5. The average molecular weight is 310 g/mol. The second kappa shape index (κ2) is 8.29. The largest absolute Gasteiger partial charge is 0.435 e. The van der Waals surface area contributed by atoms with E-state index in [2.05, 4.69) is 23.0 Å². The lowest BCUT2D eigenvalue weighted by atomic mass is 10.2. The van der Waals surface area contributed by atoms with Crippen LogP contribution in [-0.2, 0) is 0 Å². The van der Waals surface area contributed by atoms with Crippen molar-refractivity contribution in [3.63, 3.8) is 0 Å². The predicted octanol–water partition coefficient (Wildman–Crippen LogP) is 4.74. The van der Waals surface area contributed by atoms with Crippen LogP contribution in [0.2, 0.25) is 0 Å². The summed E-state index contributed by atoms with van der Waals surface area (Å²) >= 11 is 0. The fourth-order valence-electron chi connectivity index (χ4n) is 2.09. The highest BCUT2D eigenvalue weighted by molar-refractivity contribution is 5.85. The molecule has 0 aliphatic rings. The molecule has 0 atom stereocenters. The van der Waals surface area contributed by atoms with Crippen molar-refractivity contribution in [3.8, 4) is 17.6 Å². The molecule has 0 fully saturated rings. The van der Waals surface area contributed by atoms with E-state index in [1.807, 2.05) is 84.9 Å². The fourth-order valence-corrected chi connectivity index (χ4v) is 2.09. The molecule has 24 heavy (non-hydrogen) atoms. The van der Waals surface area contributed by atoms with E-state index in [4.69, 9.17) is 4.74 Å². The normalized spacial score (nSPS) is 9.83. The lowest BCUT2D eigenvalue weighted by Gasteiger charge is -1.98. The Kier molecular flexibility index (Phi) is 5.35. The third kappa shape index (κ3) is 4.55. The highest BCUT2D eigenvalue weighted by Crippen LogP contribution is 2.17. The molecule has 0 amide bonds. The standard InChI is InChI=1S/C22H16NO/c1-3-10-19(11-4-1)12-9-17-24-22-16-8-7-13-20(22)18-23-21-14-5-2-6-15-21/h1-8,10-11,13-16H,17H2/q+1. The van der Waals surface area contributed by atoms with Gasteiger partial charge in [-0.2, -0.15) is 0 Å². The average Bonchev–Trinajstić information content (AvgIpc) is 2.66. The van der Waals surface area contributed by atoms with Crippen LogP contribution in [0, 0.1) is 11.8 Å². The first-order valence-electron chi connectivity index (χ1n) is 7.69. The van der Waals surface area contributed by atoms with Crippen molar-refractivity contribution in [2.45, 2.75) is 0 Å². The number of para-hydroxylation sites is 2. The molecule has 0 heterocycles. The molecule has 0 spiro atoms. The maximum atomic E-state index is 5.75. The van der Waals surface area contributed by atoms with Crippen LogP contribution in [0.25, 0.3) is 0 Å². The van der Waals surface area contributed by atoms with E-state index in [1.165, 1.54) is 0 Å². The molecule has 0 bridgehead atoms. The molecule has 3 aromatic rings. The number of ether oxygens (including phenoxy) is 1. The Labute approximate surface area is 142 Å². The van der Waals surface area contributed by atoms with Crippen LogP contribution >= 0.6 is 0 Å². The summed E-state index contributed by atoms with van der Waals surface area (Å²) in [6.45, 7) is 0.318. The molecule has 0 saturated heterocycles. The Hall–Kier alpha value is -3.40. The molecule has 0 aromatic heterocycles. The van der Waals surface area contributed by atoms with Crippen LogP contribution in [-0.4, -0.2) is 12.8 Å². The van der Waals surface area contributed by atoms with Crippen molar-refractivity contribution in [2.75, 3.05) is 6.61 Å². The lowest BCUT2D eigenvalue weighted by molar-refractivity contribution is 0.370. The summed E-state index contributed by atoms with van der Waals surface area (Å²) in [5, 5.41) is 0. The van der Waals surface area contributed by atoms with Gasteiger partial charge in [0.25, 0.3) is 0 Å². The summed E-state index contributed by atoms with van der Waals surface area (Å²) in [5.41, 5.74) is 2.64. The molecule has 0 unspecified atom stereocenters. The molecule has 0 saturated carbocycles. The van der Waals surface area contributed by atoms with Gasteiger partial charge in [-0.3, -0.25) is 0 Å². The highest BCUT2D eigenvalue weighted by Gasteiger charge is 2.08. The van der Waals surface area contributed by atoms with Gasteiger partial charge in [-0.15, -0.1) is 0 Å². The minimum Gasteiger partial charge on any atom is -0.435 e. The van der Waals surface area contributed by atoms with E-state index < -0.39 is 0 Å². The van der Waals surface area contributed by atoms with E-state index in [0.29, 0.717) is 6.61 Å². The van der Waals surface area contributed by atoms with Crippen LogP contribution in [0.15, 0.2) is 89.9 Å². The molecule has 0 aliphatic carbocycles. The van der Waals surface area contributed by atoms with Crippen LogP contribution in [0.1, 0.15) is 11.1 Å². The van der Waals surface area contributed by atoms with Crippen molar-refractivity contribution in [2.24, 2.45) is 4.99 Å². The van der Waals surface area contributed by atoms with Gasteiger partial charge in [0.15, 0.2) is 6.61 Å². The number of benzene rings is 3. The smallest absolute Gasteiger partial charge is 0.218 e. The van der Waals surface area contributed by atoms with Crippen LogP contribution < -0.4 is 4.74 Å². The van der Waals surface area contributed by atoms with E-state index in [-0.39, 0.29) is 0 Å². The summed E-state index contributed by atoms with van der Waals surface area (Å²) in [7, 11) is 0. The lowest BCUT2D eigenvalue weighted by Crippen LogP contribution is -1.97. The van der Waals surface area contributed by atoms with Crippen molar-refractivity contribution in [1.82, 2.24) is 0 Å². The third-order valence-electron chi connectivity index (χ3n) is 3.26. The molecule has 114 valence electrons. The van der Waals surface area contributed by atoms with Gasteiger partial charge in [-0.25, -0.2) is 0 Å². The summed E-state index contributed by atoms with van der Waals surface area (Å²) in [4.78, 5) is 4.35. The second-order valence-electron chi connectivity index (χ2n) is 5.01. The summed E-state index contributed by atoms with van der Waals surface area (Å²) < 4.78 is 5.75. The second-order valence-corrected chi connectivity index (χ2v) is 5.01. The Balaban J connectivity index is 1.66. The van der Waals surface area contributed by atoms with Gasteiger partial charge < -0.3 is 4.74 Å². The summed E-state index contributed by atoms with van der Waals surface area (Å²) in [6, 6.07) is 27.3. The maximum absolute atomic E-state index is 5.75. The fraction of sp³-hybridized carbons (Fsp3) is 0.0455. The van der Waals surface area contributed by atoms with Gasteiger partial charge in [0.1, 0.15) is 11.9 Å². The monoisotopic (exact) mass is 310 g/mol. The van der Waals surface area contributed by atoms with Crippen molar-refractivity contribution < 1.29 is 4.74 Å². The van der Waals surface area contributed by atoms with Crippen molar-refractivity contribution in [1.29, 1.82) is 0 Å². The zero-order chi connectivity index (χ0) is 16.5. The molecular formula is C22H16NO+. The van der Waals surface area contributed by atoms with Gasteiger partial charge in [0.05, 0.1) is 0 Å². The van der Waals surface area contributed by atoms with Gasteiger partial charge in [0, 0.05) is 29.8 Å². The van der Waals surface area contributed by atoms with E-state index in [9.17, 15) is 0 Å². The first-order valence-corrected chi connectivity index (χ1v) is 7.69. The first kappa shape index (κ1) is 15.5. The maximum Gasteiger partial charge on any atom is 0.218 e. The Bertz CT molecular complexity index is 858. The molecule has 0 radical (unpaired) electrons. The predicted molar refractivity (Wildman–Crippen MR) is 97.9 cm³/mol. The summed E-state index contributed by atoms with van der Waals surface area (Å²) in [5.74, 6) is 6.82. The van der Waals surface area contributed by atoms with Gasteiger partial charge in [-0.1, -0.05) is 53.2 Å². The zero-order valence-corrected chi connectivity index (χ0v) is 13.1. The number of hydrogen-bond acceptors (Lipinski definition) is 2. The van der Waals surface area contributed by atoms with Gasteiger partial charge in [-0.05, 0) is 24.3 Å². The van der Waals surface area contributed by atoms with E-state index in [0.717, 1.165) is 22.6 Å².